The van der Waals surface area contributed by atoms with Crippen molar-refractivity contribution < 1.29 is 24.3 Å². The van der Waals surface area contributed by atoms with Crippen LogP contribution in [0.3, 0.4) is 0 Å². The molecule has 3 amide bonds. The number of nitrogens with one attached hydrogen (secondary N) is 1. The van der Waals surface area contributed by atoms with E-state index in [4.69, 9.17) is 4.84 Å². The number of likely N-dealkylation sites (tertiary alicyclic amines) is 1. The number of aromatic hydroxyl groups is 1. The Labute approximate surface area is 170 Å². The first kappa shape index (κ1) is 21.1. The molecular formula is C21H29N3O5. The lowest BCUT2D eigenvalue weighted by molar-refractivity contribution is -0.192. The number of piperidine rings is 1. The third-order valence-electron chi connectivity index (χ3n) is 5.39. The molecule has 158 valence electrons. The van der Waals surface area contributed by atoms with Gasteiger partial charge in [-0.15, -0.1) is 0 Å². The minimum atomic E-state index is -0.601. The number of phenolic OH excluding ortho intramolecular Hbond substituents is 1. The summed E-state index contributed by atoms with van der Waals surface area (Å²) in [5.41, 5.74) is 0.553. The Morgan fingerprint density at radius 3 is 2.69 bits per heavy atom. The highest BCUT2D eigenvalue weighted by Crippen LogP contribution is 2.26. The lowest BCUT2D eigenvalue weighted by atomic mass is 9.97. The Hall–Kier alpha value is -2.61. The number of amides is 3. The lowest BCUT2D eigenvalue weighted by Gasteiger charge is -2.38. The fourth-order valence-electron chi connectivity index (χ4n) is 3.84. The van der Waals surface area contributed by atoms with Crippen molar-refractivity contribution in [3.8, 4) is 5.75 Å². The quantitative estimate of drug-likeness (QED) is 0.798. The van der Waals surface area contributed by atoms with E-state index in [9.17, 15) is 19.5 Å². The van der Waals surface area contributed by atoms with Gasteiger partial charge in [-0.25, -0.2) is 5.06 Å². The van der Waals surface area contributed by atoms with Crippen molar-refractivity contribution in [2.24, 2.45) is 0 Å². The second-order valence-corrected chi connectivity index (χ2v) is 8.63. The van der Waals surface area contributed by atoms with Crippen LogP contribution in [0.1, 0.15) is 56.0 Å². The van der Waals surface area contributed by atoms with Gasteiger partial charge < -0.3 is 15.3 Å². The van der Waals surface area contributed by atoms with E-state index in [1.807, 2.05) is 13.8 Å². The van der Waals surface area contributed by atoms with Gasteiger partial charge in [0.05, 0.1) is 17.6 Å². The van der Waals surface area contributed by atoms with Gasteiger partial charge in [0, 0.05) is 18.6 Å². The Kier molecular flexibility index (Phi) is 5.84. The second kappa shape index (κ2) is 8.02. The molecule has 2 saturated heterocycles. The highest BCUT2D eigenvalue weighted by Gasteiger charge is 2.39. The van der Waals surface area contributed by atoms with E-state index >= 15 is 0 Å². The van der Waals surface area contributed by atoms with Crippen molar-refractivity contribution in [2.45, 2.75) is 64.6 Å². The predicted molar refractivity (Wildman–Crippen MR) is 106 cm³/mol. The molecule has 3 rings (SSSR count). The number of carbonyl (C=O) groups excluding carboxylic acids is 3. The number of nitrogens with zero attached hydrogens (tertiary/aromatic N) is 2. The summed E-state index contributed by atoms with van der Waals surface area (Å²) in [7, 11) is 0. The van der Waals surface area contributed by atoms with Crippen LogP contribution in [-0.2, 0) is 14.4 Å². The maximum Gasteiger partial charge on any atom is 0.257 e. The van der Waals surface area contributed by atoms with Gasteiger partial charge in [0.25, 0.3) is 5.91 Å². The monoisotopic (exact) mass is 403 g/mol. The molecule has 2 unspecified atom stereocenters. The van der Waals surface area contributed by atoms with Crippen LogP contribution < -0.4 is 5.32 Å². The van der Waals surface area contributed by atoms with Crippen LogP contribution in [0, 0.1) is 6.92 Å². The number of phenols is 1. The van der Waals surface area contributed by atoms with Gasteiger partial charge in [0.1, 0.15) is 12.3 Å². The van der Waals surface area contributed by atoms with E-state index < -0.39 is 5.60 Å². The summed E-state index contributed by atoms with van der Waals surface area (Å²) >= 11 is 0. The number of hydrogen-bond donors (Lipinski definition) is 2. The van der Waals surface area contributed by atoms with Crippen LogP contribution in [-0.4, -0.2) is 63.6 Å². The molecule has 0 bridgehead atoms. The normalized spacial score (nSPS) is 23.9. The molecule has 29 heavy (non-hydrogen) atoms. The summed E-state index contributed by atoms with van der Waals surface area (Å²) in [6, 6.07) is 4.72. The summed E-state index contributed by atoms with van der Waals surface area (Å²) in [6.07, 6.45) is 1.70. The minimum absolute atomic E-state index is 0.000133. The molecule has 1 aromatic carbocycles. The zero-order valence-corrected chi connectivity index (χ0v) is 17.4. The minimum Gasteiger partial charge on any atom is -0.507 e. The third kappa shape index (κ3) is 4.87. The van der Waals surface area contributed by atoms with Crippen molar-refractivity contribution in [1.82, 2.24) is 15.3 Å². The molecule has 2 N–H and O–H groups in total. The summed E-state index contributed by atoms with van der Waals surface area (Å²) in [6.45, 7) is 7.61. The van der Waals surface area contributed by atoms with Gasteiger partial charge in [-0.2, -0.15) is 0 Å². The van der Waals surface area contributed by atoms with E-state index in [0.29, 0.717) is 6.54 Å². The van der Waals surface area contributed by atoms with E-state index in [1.54, 1.807) is 30.9 Å². The van der Waals surface area contributed by atoms with Crippen LogP contribution in [0.4, 0.5) is 0 Å². The molecule has 2 aliphatic rings. The van der Waals surface area contributed by atoms with Gasteiger partial charge in [-0.3, -0.25) is 19.2 Å². The molecule has 0 saturated carbocycles. The predicted octanol–water partition coefficient (Wildman–Crippen LogP) is 1.75. The zero-order chi connectivity index (χ0) is 21.3. The maximum atomic E-state index is 13.0. The second-order valence-electron chi connectivity index (χ2n) is 8.63. The van der Waals surface area contributed by atoms with Gasteiger partial charge in [0.15, 0.2) is 0 Å². The van der Waals surface area contributed by atoms with Crippen LogP contribution in [0.25, 0.3) is 0 Å². The fourth-order valence-corrected chi connectivity index (χ4v) is 3.84. The Balaban J connectivity index is 1.62. The first-order valence-corrected chi connectivity index (χ1v) is 9.95. The maximum absolute atomic E-state index is 13.0. The summed E-state index contributed by atoms with van der Waals surface area (Å²) < 4.78 is 0. The molecule has 0 spiro atoms. The van der Waals surface area contributed by atoms with Crippen molar-refractivity contribution in [1.29, 1.82) is 0 Å². The molecule has 2 aliphatic heterocycles. The highest BCUT2D eigenvalue weighted by molar-refractivity contribution is 5.97. The highest BCUT2D eigenvalue weighted by atomic mass is 16.7. The van der Waals surface area contributed by atoms with Gasteiger partial charge in [-0.1, -0.05) is 11.6 Å². The average molecular weight is 403 g/mol. The Morgan fingerprint density at radius 1 is 1.31 bits per heavy atom. The van der Waals surface area contributed by atoms with Gasteiger partial charge in [-0.05, 0) is 52.7 Å². The smallest absolute Gasteiger partial charge is 0.257 e. The molecule has 8 heteroatoms. The van der Waals surface area contributed by atoms with Crippen LogP contribution in [0.2, 0.25) is 0 Å². The topological polar surface area (TPSA) is 99.2 Å². The number of benzene rings is 1. The molecule has 0 aromatic heterocycles. The van der Waals surface area contributed by atoms with Gasteiger partial charge >= 0.3 is 0 Å². The van der Waals surface area contributed by atoms with Crippen LogP contribution >= 0.6 is 0 Å². The SMILES string of the molecule is Cc1ccc(O)c(C(=O)N2CC(NC(=O)CN3OC(C)(C)CC3=O)CCC2C)c1. The van der Waals surface area contributed by atoms with Crippen molar-refractivity contribution in [2.75, 3.05) is 13.1 Å². The van der Waals surface area contributed by atoms with Crippen LogP contribution in [0.15, 0.2) is 18.2 Å². The Morgan fingerprint density at radius 2 is 2.03 bits per heavy atom. The zero-order valence-electron chi connectivity index (χ0n) is 17.4. The standard InChI is InChI=1S/C21H29N3O5/c1-13-5-8-17(25)16(9-13)20(28)23-11-15(7-6-14(23)2)22-18(26)12-24-19(27)10-21(3,4)29-24/h5,8-9,14-15,25H,6-7,10-12H2,1-4H3,(H,22,26). The van der Waals surface area contributed by atoms with Crippen molar-refractivity contribution >= 4 is 17.7 Å². The van der Waals surface area contributed by atoms with Crippen molar-refractivity contribution in [3.05, 3.63) is 29.3 Å². The lowest BCUT2D eigenvalue weighted by Crippen LogP contribution is -2.54. The summed E-state index contributed by atoms with van der Waals surface area (Å²) in [5, 5.41) is 14.1. The number of hydroxylamine groups is 2. The summed E-state index contributed by atoms with van der Waals surface area (Å²) in [4.78, 5) is 44.6. The van der Waals surface area contributed by atoms with Crippen LogP contribution in [0.5, 0.6) is 5.75 Å². The van der Waals surface area contributed by atoms with Gasteiger partial charge in [0.2, 0.25) is 11.8 Å². The van der Waals surface area contributed by atoms with E-state index in [2.05, 4.69) is 5.32 Å². The number of hydrogen-bond acceptors (Lipinski definition) is 5. The third-order valence-corrected chi connectivity index (χ3v) is 5.39. The fraction of sp³-hybridized carbons (Fsp3) is 0.571. The first-order valence-electron chi connectivity index (χ1n) is 9.95. The number of aryl methyl sites for hydroxylation is 1. The molecule has 2 heterocycles. The Bertz CT molecular complexity index is 823. The molecule has 2 fully saturated rings. The van der Waals surface area contributed by atoms with E-state index in [1.165, 1.54) is 6.07 Å². The van der Waals surface area contributed by atoms with E-state index in [0.717, 1.165) is 23.5 Å². The first-order chi connectivity index (χ1) is 13.6. The molecule has 1 aromatic rings. The summed E-state index contributed by atoms with van der Waals surface area (Å²) in [5.74, 6) is -0.834. The average Bonchev–Trinajstić information content (AvgIpc) is 2.89. The molecule has 8 nitrogen and oxygen atoms in total. The molecular weight excluding hydrogens is 374 g/mol. The van der Waals surface area contributed by atoms with E-state index in [-0.39, 0.29) is 54.1 Å². The molecule has 2 atom stereocenters. The number of rotatable bonds is 4. The van der Waals surface area contributed by atoms with Crippen molar-refractivity contribution in [3.63, 3.8) is 0 Å². The molecule has 0 radical (unpaired) electrons. The molecule has 0 aliphatic carbocycles. The largest absolute Gasteiger partial charge is 0.507 e. The number of carbonyl (C=O) groups is 3.